The molecule has 1 saturated heterocycles. The third-order valence-electron chi connectivity index (χ3n) is 3.46. The second-order valence-corrected chi connectivity index (χ2v) is 5.01. The number of imide groups is 1. The lowest BCUT2D eigenvalue weighted by molar-refractivity contribution is -0.192. The summed E-state index contributed by atoms with van der Waals surface area (Å²) < 4.78 is 45.8. The fourth-order valence-corrected chi connectivity index (χ4v) is 2.35. The maximum Gasteiger partial charge on any atom is 0.483 e. The molecule has 0 bridgehead atoms. The summed E-state index contributed by atoms with van der Waals surface area (Å²) in [5.74, 6) is -1.35. The first-order chi connectivity index (χ1) is 11.7. The first kappa shape index (κ1) is 16.4. The molecule has 0 atom stereocenters. The van der Waals surface area contributed by atoms with Gasteiger partial charge in [0.15, 0.2) is 11.6 Å². The third-order valence-corrected chi connectivity index (χ3v) is 3.46. The molecule has 2 heterocycles. The van der Waals surface area contributed by atoms with E-state index in [4.69, 9.17) is 6.42 Å². The summed E-state index contributed by atoms with van der Waals surface area (Å²) in [4.78, 5) is 36.0. The Morgan fingerprint density at radius 1 is 1.28 bits per heavy atom. The van der Waals surface area contributed by atoms with Crippen LogP contribution >= 0.6 is 0 Å². The molecule has 11 heteroatoms. The second kappa shape index (κ2) is 5.59. The van der Waals surface area contributed by atoms with Gasteiger partial charge < -0.3 is 10.1 Å². The lowest BCUT2D eigenvalue weighted by Gasteiger charge is -2.34. The largest absolute Gasteiger partial charge is 0.483 e. The highest BCUT2D eigenvalue weighted by Gasteiger charge is 2.50. The zero-order valence-corrected chi connectivity index (χ0v) is 12.3. The van der Waals surface area contributed by atoms with Crippen LogP contribution in [0.5, 0.6) is 5.75 Å². The number of hydrogen-bond donors (Lipinski definition) is 2. The van der Waals surface area contributed by atoms with Gasteiger partial charge in [-0.15, -0.1) is 6.42 Å². The van der Waals surface area contributed by atoms with Crippen molar-refractivity contribution in [3.63, 3.8) is 0 Å². The number of amides is 5. The number of rotatable bonds is 2. The van der Waals surface area contributed by atoms with Crippen LogP contribution in [0.2, 0.25) is 0 Å². The summed E-state index contributed by atoms with van der Waals surface area (Å²) in [6.07, 6.45) is 0.890. The number of benzene rings is 1. The highest BCUT2D eigenvalue weighted by Crippen LogP contribution is 2.42. The standard InChI is InChI=1S/C14H9F3N4O4/c1-2-3-20-9-5-8(21-6-18-12(23)19-13(21)24)7(15)4-10(9)25-14(16,17)11(20)22/h1,4-5H,3,6H2,(H2,18,19,23,24). The van der Waals surface area contributed by atoms with Gasteiger partial charge >= 0.3 is 24.1 Å². The SMILES string of the molecule is C#CCN1C(=O)C(F)(F)Oc2cc(F)c(N3CNC(=O)NC3=O)cc21. The van der Waals surface area contributed by atoms with Crippen LogP contribution in [0.15, 0.2) is 12.1 Å². The van der Waals surface area contributed by atoms with E-state index in [1.165, 1.54) is 0 Å². The lowest BCUT2D eigenvalue weighted by atomic mass is 10.1. The van der Waals surface area contributed by atoms with Crippen LogP contribution in [-0.2, 0) is 4.79 Å². The van der Waals surface area contributed by atoms with Crippen LogP contribution in [-0.4, -0.2) is 37.3 Å². The average molecular weight is 354 g/mol. The van der Waals surface area contributed by atoms with Crippen molar-refractivity contribution in [2.45, 2.75) is 6.11 Å². The molecule has 2 N–H and O–H groups in total. The first-order valence-electron chi connectivity index (χ1n) is 6.76. The minimum absolute atomic E-state index is 0.227. The highest BCUT2D eigenvalue weighted by molar-refractivity contribution is 6.06. The van der Waals surface area contributed by atoms with Crippen molar-refractivity contribution in [3.8, 4) is 18.1 Å². The molecule has 2 aliphatic heterocycles. The van der Waals surface area contributed by atoms with Gasteiger partial charge in [-0.05, 0) is 6.07 Å². The lowest BCUT2D eigenvalue weighted by Crippen LogP contribution is -2.58. The maximum absolute atomic E-state index is 14.3. The highest BCUT2D eigenvalue weighted by atomic mass is 19.3. The van der Waals surface area contributed by atoms with E-state index in [2.05, 4.69) is 10.1 Å². The van der Waals surface area contributed by atoms with Gasteiger partial charge in [-0.3, -0.25) is 19.9 Å². The molecule has 0 aliphatic carbocycles. The Morgan fingerprint density at radius 3 is 2.64 bits per heavy atom. The number of ether oxygens (including phenoxy) is 1. The van der Waals surface area contributed by atoms with Crippen molar-refractivity contribution in [1.82, 2.24) is 10.6 Å². The maximum atomic E-state index is 14.3. The van der Waals surface area contributed by atoms with Crippen LogP contribution in [0.3, 0.4) is 0 Å². The molecule has 1 aromatic rings. The molecule has 2 aliphatic rings. The zero-order chi connectivity index (χ0) is 18.4. The quantitative estimate of drug-likeness (QED) is 0.775. The van der Waals surface area contributed by atoms with E-state index in [9.17, 15) is 27.6 Å². The Hall–Kier alpha value is -3.42. The number of carbonyl (C=O) groups excluding carboxylic acids is 3. The normalized spacial score (nSPS) is 18.7. The van der Waals surface area contributed by atoms with Gasteiger partial charge in [0.05, 0.1) is 17.9 Å². The Balaban J connectivity index is 2.08. The van der Waals surface area contributed by atoms with Crippen LogP contribution in [0.4, 0.5) is 34.1 Å². The minimum atomic E-state index is -4.20. The Bertz CT molecular complexity index is 836. The molecule has 5 amide bonds. The number of halogens is 3. The summed E-state index contributed by atoms with van der Waals surface area (Å²) in [6, 6.07) is -0.129. The number of nitrogens with zero attached hydrogens (tertiary/aromatic N) is 2. The van der Waals surface area contributed by atoms with Crippen molar-refractivity contribution < 1.29 is 32.3 Å². The number of terminal acetylenes is 1. The van der Waals surface area contributed by atoms with Crippen LogP contribution in [0.1, 0.15) is 0 Å². The number of alkyl halides is 2. The molecule has 1 fully saturated rings. The minimum Gasteiger partial charge on any atom is -0.423 e. The van der Waals surface area contributed by atoms with Crippen molar-refractivity contribution in [1.29, 1.82) is 0 Å². The molecule has 8 nitrogen and oxygen atoms in total. The summed E-state index contributed by atoms with van der Waals surface area (Å²) in [5, 5.41) is 4.15. The molecular formula is C14H9F3N4O4. The summed E-state index contributed by atoms with van der Waals surface area (Å²) in [7, 11) is 0. The molecule has 1 aromatic carbocycles. The van der Waals surface area contributed by atoms with Crippen molar-refractivity contribution in [2.75, 3.05) is 23.0 Å². The number of urea groups is 2. The number of anilines is 2. The van der Waals surface area contributed by atoms with Crippen molar-refractivity contribution >= 4 is 29.3 Å². The molecule has 0 aromatic heterocycles. The van der Waals surface area contributed by atoms with E-state index in [-0.39, 0.29) is 18.0 Å². The van der Waals surface area contributed by atoms with Crippen LogP contribution in [0.25, 0.3) is 0 Å². The summed E-state index contributed by atoms with van der Waals surface area (Å²) >= 11 is 0. The second-order valence-electron chi connectivity index (χ2n) is 5.01. The monoisotopic (exact) mass is 354 g/mol. The predicted molar refractivity (Wildman–Crippen MR) is 77.6 cm³/mol. The van der Waals surface area contributed by atoms with E-state index < -0.39 is 42.2 Å². The number of carbonyl (C=O) groups is 3. The molecule has 0 unspecified atom stereocenters. The van der Waals surface area contributed by atoms with E-state index >= 15 is 0 Å². The number of hydrogen-bond acceptors (Lipinski definition) is 4. The van der Waals surface area contributed by atoms with E-state index in [0.29, 0.717) is 11.0 Å². The van der Waals surface area contributed by atoms with E-state index in [1.54, 1.807) is 0 Å². The Morgan fingerprint density at radius 2 is 2.00 bits per heavy atom. The van der Waals surface area contributed by atoms with Gasteiger partial charge in [-0.1, -0.05) is 5.92 Å². The van der Waals surface area contributed by atoms with Crippen molar-refractivity contribution in [3.05, 3.63) is 17.9 Å². The van der Waals surface area contributed by atoms with Crippen molar-refractivity contribution in [2.24, 2.45) is 0 Å². The van der Waals surface area contributed by atoms with E-state index in [1.807, 2.05) is 11.2 Å². The number of fused-ring (bicyclic) bond motifs is 1. The molecule has 130 valence electrons. The molecule has 0 saturated carbocycles. The molecule has 0 radical (unpaired) electrons. The summed E-state index contributed by atoms with van der Waals surface area (Å²) in [5.41, 5.74) is -0.588. The summed E-state index contributed by atoms with van der Waals surface area (Å²) in [6.45, 7) is -0.876. The zero-order valence-electron chi connectivity index (χ0n) is 12.3. The van der Waals surface area contributed by atoms with Crippen LogP contribution < -0.4 is 25.2 Å². The van der Waals surface area contributed by atoms with Crippen LogP contribution in [0, 0.1) is 18.2 Å². The first-order valence-corrected chi connectivity index (χ1v) is 6.76. The smallest absolute Gasteiger partial charge is 0.423 e. The van der Waals surface area contributed by atoms with Gasteiger partial charge in [0.25, 0.3) is 0 Å². The Labute approximate surface area is 138 Å². The van der Waals surface area contributed by atoms with Gasteiger partial charge in [0.2, 0.25) is 0 Å². The van der Waals surface area contributed by atoms with E-state index in [0.717, 1.165) is 11.0 Å². The fourth-order valence-electron chi connectivity index (χ4n) is 2.35. The fraction of sp³-hybridized carbons (Fsp3) is 0.214. The topological polar surface area (TPSA) is 91.0 Å². The van der Waals surface area contributed by atoms with Gasteiger partial charge in [0, 0.05) is 6.07 Å². The molecular weight excluding hydrogens is 345 g/mol. The third kappa shape index (κ3) is 2.67. The average Bonchev–Trinajstić information content (AvgIpc) is 2.52. The van der Waals surface area contributed by atoms with Gasteiger partial charge in [0.1, 0.15) is 6.67 Å². The van der Waals surface area contributed by atoms with Gasteiger partial charge in [-0.25, -0.2) is 14.0 Å². The number of nitrogens with one attached hydrogen (secondary N) is 2. The predicted octanol–water partition coefficient (Wildman–Crippen LogP) is 0.974. The molecule has 3 rings (SSSR count). The molecule has 0 spiro atoms. The van der Waals surface area contributed by atoms with Gasteiger partial charge in [-0.2, -0.15) is 8.78 Å². The molecule has 25 heavy (non-hydrogen) atoms. The Kier molecular flexibility index (Phi) is 3.67.